The summed E-state index contributed by atoms with van der Waals surface area (Å²) in [5.41, 5.74) is 4.88. The molecular weight excluding hydrogens is 226 g/mol. The fraction of sp³-hybridized carbons (Fsp3) is 0.929. The summed E-state index contributed by atoms with van der Waals surface area (Å²) in [4.78, 5) is 14.0. The molecule has 1 rings (SSSR count). The van der Waals surface area contributed by atoms with Crippen molar-refractivity contribution in [3.63, 3.8) is 0 Å². The van der Waals surface area contributed by atoms with E-state index in [2.05, 4.69) is 17.1 Å². The van der Waals surface area contributed by atoms with Gasteiger partial charge in [-0.1, -0.05) is 13.3 Å². The highest BCUT2D eigenvalue weighted by Crippen LogP contribution is 2.27. The van der Waals surface area contributed by atoms with E-state index >= 15 is 0 Å². The Hall–Kier alpha value is -0.610. The smallest absolute Gasteiger partial charge is 0.237 e. The number of nitrogens with two attached hydrogens (primary N) is 1. The molecule has 1 aliphatic rings. The average Bonchev–Trinajstić information content (AvgIpc) is 3.17. The highest BCUT2D eigenvalue weighted by molar-refractivity contribution is 5.84. The zero-order chi connectivity index (χ0) is 13.6. The SMILES string of the molecule is CCCCN(CCCC(C)(NC)C(N)=O)C1CC1. The zero-order valence-electron chi connectivity index (χ0n) is 12.2. The number of nitrogens with zero attached hydrogens (tertiary/aromatic N) is 1. The van der Waals surface area contributed by atoms with Gasteiger partial charge in [0.1, 0.15) is 0 Å². The van der Waals surface area contributed by atoms with Crippen molar-refractivity contribution in [2.24, 2.45) is 5.73 Å². The van der Waals surface area contributed by atoms with Gasteiger partial charge in [0.15, 0.2) is 0 Å². The number of amides is 1. The standard InChI is InChI=1S/C14H29N3O/c1-4-5-10-17(12-7-8-12)11-6-9-14(2,16-3)13(15)18/h12,16H,4-11H2,1-3H3,(H2,15,18). The molecular formula is C14H29N3O. The molecule has 0 bridgehead atoms. The molecule has 0 radical (unpaired) electrons. The molecule has 0 aromatic heterocycles. The molecule has 4 nitrogen and oxygen atoms in total. The molecule has 1 fully saturated rings. The first-order chi connectivity index (χ1) is 8.53. The van der Waals surface area contributed by atoms with E-state index < -0.39 is 5.54 Å². The summed E-state index contributed by atoms with van der Waals surface area (Å²) < 4.78 is 0. The van der Waals surface area contributed by atoms with Crippen molar-refractivity contribution in [3.05, 3.63) is 0 Å². The van der Waals surface area contributed by atoms with Gasteiger partial charge in [0.2, 0.25) is 5.91 Å². The molecule has 106 valence electrons. The van der Waals surface area contributed by atoms with Gasteiger partial charge in [0.25, 0.3) is 0 Å². The summed E-state index contributed by atoms with van der Waals surface area (Å²) in [6.07, 6.45) is 7.06. The lowest BCUT2D eigenvalue weighted by atomic mass is 9.95. The first-order valence-electron chi connectivity index (χ1n) is 7.26. The molecule has 0 aliphatic heterocycles. The monoisotopic (exact) mass is 255 g/mol. The van der Waals surface area contributed by atoms with Crippen LogP contribution in [0, 0.1) is 0 Å². The Morgan fingerprint density at radius 2 is 2.00 bits per heavy atom. The van der Waals surface area contributed by atoms with Gasteiger partial charge in [-0.2, -0.15) is 0 Å². The minimum Gasteiger partial charge on any atom is -0.368 e. The Morgan fingerprint density at radius 3 is 2.44 bits per heavy atom. The lowest BCUT2D eigenvalue weighted by Gasteiger charge is -2.28. The van der Waals surface area contributed by atoms with E-state index in [1.807, 2.05) is 6.92 Å². The van der Waals surface area contributed by atoms with Crippen molar-refractivity contribution < 1.29 is 4.79 Å². The van der Waals surface area contributed by atoms with Crippen LogP contribution in [0.4, 0.5) is 0 Å². The second kappa shape index (κ2) is 7.10. The Kier molecular flexibility index (Phi) is 6.09. The maximum absolute atomic E-state index is 11.4. The number of likely N-dealkylation sites (N-methyl/N-ethyl adjacent to an activating group) is 1. The second-order valence-electron chi connectivity index (χ2n) is 5.67. The van der Waals surface area contributed by atoms with Crippen LogP contribution in [0.25, 0.3) is 0 Å². The predicted octanol–water partition coefficient (Wildman–Crippen LogP) is 1.49. The van der Waals surface area contributed by atoms with Crippen LogP contribution in [0.1, 0.15) is 52.4 Å². The molecule has 1 unspecified atom stereocenters. The van der Waals surface area contributed by atoms with E-state index in [-0.39, 0.29) is 5.91 Å². The fourth-order valence-electron chi connectivity index (χ4n) is 2.28. The molecule has 3 N–H and O–H groups in total. The van der Waals surface area contributed by atoms with Crippen molar-refractivity contribution >= 4 is 5.91 Å². The number of rotatable bonds is 10. The van der Waals surface area contributed by atoms with E-state index in [9.17, 15) is 4.79 Å². The topological polar surface area (TPSA) is 58.4 Å². The number of primary amides is 1. The summed E-state index contributed by atoms with van der Waals surface area (Å²) >= 11 is 0. The van der Waals surface area contributed by atoms with Crippen molar-refractivity contribution in [3.8, 4) is 0 Å². The number of carbonyl (C=O) groups is 1. The van der Waals surface area contributed by atoms with E-state index in [1.54, 1.807) is 7.05 Å². The summed E-state index contributed by atoms with van der Waals surface area (Å²) in [5, 5.41) is 3.05. The van der Waals surface area contributed by atoms with Gasteiger partial charge in [0, 0.05) is 6.04 Å². The Morgan fingerprint density at radius 1 is 1.39 bits per heavy atom. The van der Waals surface area contributed by atoms with E-state index in [4.69, 9.17) is 5.73 Å². The minimum absolute atomic E-state index is 0.253. The van der Waals surface area contributed by atoms with E-state index in [1.165, 1.54) is 32.2 Å². The summed E-state index contributed by atoms with van der Waals surface area (Å²) in [5.74, 6) is -0.253. The molecule has 0 aromatic carbocycles. The number of hydrogen-bond donors (Lipinski definition) is 2. The number of nitrogens with one attached hydrogen (secondary N) is 1. The molecule has 4 heteroatoms. The average molecular weight is 255 g/mol. The third-order valence-electron chi connectivity index (χ3n) is 4.08. The second-order valence-corrected chi connectivity index (χ2v) is 5.67. The van der Waals surface area contributed by atoms with Gasteiger partial charge in [-0.15, -0.1) is 0 Å². The van der Waals surface area contributed by atoms with E-state index in [0.29, 0.717) is 0 Å². The van der Waals surface area contributed by atoms with Crippen LogP contribution in [0.15, 0.2) is 0 Å². The van der Waals surface area contributed by atoms with Gasteiger partial charge in [0.05, 0.1) is 5.54 Å². The lowest BCUT2D eigenvalue weighted by molar-refractivity contribution is -0.123. The zero-order valence-corrected chi connectivity index (χ0v) is 12.2. The third kappa shape index (κ3) is 4.58. The van der Waals surface area contributed by atoms with Crippen molar-refractivity contribution in [1.29, 1.82) is 0 Å². The van der Waals surface area contributed by atoms with Crippen LogP contribution in [-0.2, 0) is 4.79 Å². The van der Waals surface area contributed by atoms with Gasteiger partial charge in [-0.05, 0) is 59.2 Å². The molecule has 18 heavy (non-hydrogen) atoms. The van der Waals surface area contributed by atoms with Gasteiger partial charge in [-0.3, -0.25) is 4.79 Å². The van der Waals surface area contributed by atoms with Crippen LogP contribution < -0.4 is 11.1 Å². The molecule has 1 amide bonds. The Bertz CT molecular complexity index is 266. The number of unbranched alkanes of at least 4 members (excludes halogenated alkanes) is 1. The first kappa shape index (κ1) is 15.4. The van der Waals surface area contributed by atoms with Crippen LogP contribution in [0.5, 0.6) is 0 Å². The Labute approximate surface area is 111 Å². The molecule has 0 saturated heterocycles. The van der Waals surface area contributed by atoms with Crippen LogP contribution in [-0.4, -0.2) is 42.5 Å². The summed E-state index contributed by atoms with van der Waals surface area (Å²) in [6, 6.07) is 0.811. The van der Waals surface area contributed by atoms with Gasteiger partial charge < -0.3 is 16.0 Å². The van der Waals surface area contributed by atoms with E-state index in [0.717, 1.165) is 25.4 Å². The first-order valence-corrected chi connectivity index (χ1v) is 7.26. The summed E-state index contributed by atoms with van der Waals surface area (Å²) in [6.45, 7) is 6.42. The maximum Gasteiger partial charge on any atom is 0.237 e. The van der Waals surface area contributed by atoms with Crippen molar-refractivity contribution in [1.82, 2.24) is 10.2 Å². The molecule has 0 heterocycles. The molecule has 0 aromatic rings. The largest absolute Gasteiger partial charge is 0.368 e. The van der Waals surface area contributed by atoms with Gasteiger partial charge >= 0.3 is 0 Å². The van der Waals surface area contributed by atoms with Crippen LogP contribution >= 0.6 is 0 Å². The quantitative estimate of drug-likeness (QED) is 0.622. The summed E-state index contributed by atoms with van der Waals surface area (Å²) in [7, 11) is 1.81. The molecule has 1 atom stereocenters. The predicted molar refractivity (Wildman–Crippen MR) is 75.4 cm³/mol. The lowest BCUT2D eigenvalue weighted by Crippen LogP contribution is -2.51. The minimum atomic E-state index is -0.556. The Balaban J connectivity index is 2.31. The molecule has 1 saturated carbocycles. The third-order valence-corrected chi connectivity index (χ3v) is 4.08. The highest BCUT2D eigenvalue weighted by atomic mass is 16.1. The van der Waals surface area contributed by atoms with Crippen LogP contribution in [0.3, 0.4) is 0 Å². The molecule has 0 spiro atoms. The highest BCUT2D eigenvalue weighted by Gasteiger charge is 2.31. The van der Waals surface area contributed by atoms with Crippen molar-refractivity contribution in [2.75, 3.05) is 20.1 Å². The number of hydrogen-bond acceptors (Lipinski definition) is 3. The van der Waals surface area contributed by atoms with Crippen LogP contribution in [0.2, 0.25) is 0 Å². The fourth-order valence-corrected chi connectivity index (χ4v) is 2.28. The number of carbonyl (C=O) groups excluding carboxylic acids is 1. The van der Waals surface area contributed by atoms with Crippen molar-refractivity contribution in [2.45, 2.75) is 64.0 Å². The molecule has 1 aliphatic carbocycles. The normalized spacial score (nSPS) is 18.9. The maximum atomic E-state index is 11.4. The van der Waals surface area contributed by atoms with Gasteiger partial charge in [-0.25, -0.2) is 0 Å².